The predicted molar refractivity (Wildman–Crippen MR) is 86.2 cm³/mol. The molecule has 21 heavy (non-hydrogen) atoms. The topological polar surface area (TPSA) is 34.4 Å². The van der Waals surface area contributed by atoms with E-state index >= 15 is 0 Å². The van der Waals surface area contributed by atoms with Gasteiger partial charge in [0.1, 0.15) is 0 Å². The minimum absolute atomic E-state index is 0.0409. The smallest absolute Gasteiger partial charge is 0.193 e. The maximum atomic E-state index is 12.6. The molecule has 0 aliphatic heterocycles. The van der Waals surface area contributed by atoms with Crippen LogP contribution in [0.1, 0.15) is 42.4 Å². The second-order valence-electron chi connectivity index (χ2n) is 6.22. The summed E-state index contributed by atoms with van der Waals surface area (Å²) in [6.45, 7) is 6.39. The summed E-state index contributed by atoms with van der Waals surface area (Å²) in [6.07, 6.45) is 4.25. The molecule has 0 spiro atoms. The summed E-state index contributed by atoms with van der Waals surface area (Å²) >= 11 is 1.58. The van der Waals surface area contributed by atoms with Crippen molar-refractivity contribution < 1.29 is 4.79 Å². The second kappa shape index (κ2) is 5.11. The minimum atomic E-state index is -0.0409. The average Bonchev–Trinajstić information content (AvgIpc) is 2.98. The second-order valence-corrected chi connectivity index (χ2v) is 7.09. The summed E-state index contributed by atoms with van der Waals surface area (Å²) in [5.41, 5.74) is 2.69. The van der Waals surface area contributed by atoms with Crippen molar-refractivity contribution in [1.82, 2.24) is 9.38 Å². The number of hydrogen-bond acceptors (Lipinski definition) is 3. The maximum Gasteiger partial charge on any atom is 0.193 e. The summed E-state index contributed by atoms with van der Waals surface area (Å²) in [7, 11) is 0. The van der Waals surface area contributed by atoms with E-state index in [2.05, 4.69) is 25.8 Å². The molecular formula is C17H18N2OS. The van der Waals surface area contributed by atoms with Crippen LogP contribution in [-0.2, 0) is 11.8 Å². The van der Waals surface area contributed by atoms with Crippen molar-refractivity contribution in [2.75, 3.05) is 0 Å². The zero-order chi connectivity index (χ0) is 15.0. The van der Waals surface area contributed by atoms with Crippen molar-refractivity contribution >= 4 is 22.1 Å². The van der Waals surface area contributed by atoms with Gasteiger partial charge in [0.15, 0.2) is 10.7 Å². The molecule has 3 nitrogen and oxygen atoms in total. The molecule has 3 rings (SSSR count). The number of rotatable bonds is 3. The molecule has 0 amide bonds. The van der Waals surface area contributed by atoms with Crippen LogP contribution >= 0.6 is 11.3 Å². The van der Waals surface area contributed by atoms with Crippen LogP contribution in [0.15, 0.2) is 42.0 Å². The van der Waals surface area contributed by atoms with E-state index in [4.69, 9.17) is 0 Å². The van der Waals surface area contributed by atoms with Crippen LogP contribution < -0.4 is 0 Å². The number of ketones is 1. The summed E-state index contributed by atoms with van der Waals surface area (Å²) in [5, 5.41) is 1.99. The number of benzene rings is 1. The molecule has 0 unspecified atom stereocenters. The highest BCUT2D eigenvalue weighted by atomic mass is 32.1. The minimum Gasteiger partial charge on any atom is -0.297 e. The van der Waals surface area contributed by atoms with Crippen LogP contribution in [-0.4, -0.2) is 15.2 Å². The molecule has 0 saturated heterocycles. The lowest BCUT2D eigenvalue weighted by molar-refractivity contribution is 0.0990. The monoisotopic (exact) mass is 298 g/mol. The van der Waals surface area contributed by atoms with E-state index in [-0.39, 0.29) is 11.2 Å². The van der Waals surface area contributed by atoms with E-state index in [0.29, 0.717) is 6.42 Å². The van der Waals surface area contributed by atoms with E-state index in [0.717, 1.165) is 21.8 Å². The van der Waals surface area contributed by atoms with Crippen LogP contribution in [0.3, 0.4) is 0 Å². The lowest BCUT2D eigenvalue weighted by Gasteiger charge is -2.22. The highest BCUT2D eigenvalue weighted by molar-refractivity contribution is 7.15. The summed E-state index contributed by atoms with van der Waals surface area (Å²) in [4.78, 5) is 18.1. The van der Waals surface area contributed by atoms with E-state index < -0.39 is 0 Å². The number of imidazole rings is 1. The van der Waals surface area contributed by atoms with Crippen LogP contribution in [0.5, 0.6) is 0 Å². The molecule has 0 atom stereocenters. The molecule has 2 aromatic heterocycles. The molecule has 0 radical (unpaired) electrons. The third-order valence-corrected chi connectivity index (χ3v) is 4.29. The predicted octanol–water partition coefficient (Wildman–Crippen LogP) is 4.12. The van der Waals surface area contributed by atoms with Gasteiger partial charge in [-0.2, -0.15) is 0 Å². The van der Waals surface area contributed by atoms with E-state index in [1.165, 1.54) is 0 Å². The number of nitrogens with zero attached hydrogens (tertiary/aromatic N) is 2. The van der Waals surface area contributed by atoms with Crippen molar-refractivity contribution in [3.05, 3.63) is 58.9 Å². The molecule has 2 heterocycles. The van der Waals surface area contributed by atoms with Gasteiger partial charge >= 0.3 is 0 Å². The number of hydrogen-bond donors (Lipinski definition) is 0. The summed E-state index contributed by atoms with van der Waals surface area (Å²) in [6, 6.07) is 7.87. The molecule has 3 aromatic rings. The third-order valence-electron chi connectivity index (χ3n) is 3.52. The summed E-state index contributed by atoms with van der Waals surface area (Å²) in [5.74, 6) is 0.131. The van der Waals surface area contributed by atoms with Gasteiger partial charge in [0.25, 0.3) is 0 Å². The van der Waals surface area contributed by atoms with Gasteiger partial charge in [0.2, 0.25) is 0 Å². The molecule has 1 aromatic carbocycles. The van der Waals surface area contributed by atoms with Gasteiger partial charge in [-0.1, -0.05) is 45.0 Å². The van der Waals surface area contributed by atoms with Gasteiger partial charge < -0.3 is 0 Å². The Hall–Kier alpha value is -1.94. The van der Waals surface area contributed by atoms with Crippen LogP contribution in [0.2, 0.25) is 0 Å². The standard InChI is InChI=1S/C17H18N2OS/c1-17(2,3)14-7-5-4-6-13(14)15(20)10-12-11-19-8-9-21-16(19)18-12/h4-9,11H,10H2,1-3H3. The first kappa shape index (κ1) is 14.0. The molecule has 0 bridgehead atoms. The third kappa shape index (κ3) is 2.76. The number of thiazole rings is 1. The van der Waals surface area contributed by atoms with E-state index in [1.54, 1.807) is 11.3 Å². The van der Waals surface area contributed by atoms with Crippen molar-refractivity contribution in [3.8, 4) is 0 Å². The first-order chi connectivity index (χ1) is 9.95. The normalized spacial score (nSPS) is 12.0. The Bertz CT molecular complexity index is 764. The fourth-order valence-corrected chi connectivity index (χ4v) is 3.22. The van der Waals surface area contributed by atoms with Crippen LogP contribution in [0, 0.1) is 0 Å². The van der Waals surface area contributed by atoms with Crippen molar-refractivity contribution in [3.63, 3.8) is 0 Å². The molecule has 108 valence electrons. The Labute approximate surface area is 128 Å². The first-order valence-electron chi connectivity index (χ1n) is 6.99. The molecule has 0 fully saturated rings. The van der Waals surface area contributed by atoms with Gasteiger partial charge in [-0.3, -0.25) is 9.20 Å². The Morgan fingerprint density at radius 1 is 1.29 bits per heavy atom. The number of Topliss-reactive ketones (excluding diaryl/α,β-unsaturated/α-hetero) is 1. The number of carbonyl (C=O) groups excluding carboxylic acids is 1. The maximum absolute atomic E-state index is 12.6. The fourth-order valence-electron chi connectivity index (χ4n) is 2.50. The fraction of sp³-hybridized carbons (Fsp3) is 0.294. The molecular weight excluding hydrogens is 280 g/mol. The lowest BCUT2D eigenvalue weighted by Crippen LogP contribution is -2.17. The van der Waals surface area contributed by atoms with E-state index in [1.807, 2.05) is 46.4 Å². The first-order valence-corrected chi connectivity index (χ1v) is 7.87. The largest absolute Gasteiger partial charge is 0.297 e. The van der Waals surface area contributed by atoms with Gasteiger partial charge in [0.05, 0.1) is 12.1 Å². The Morgan fingerprint density at radius 2 is 2.05 bits per heavy atom. The lowest BCUT2D eigenvalue weighted by atomic mass is 9.82. The molecule has 0 N–H and O–H groups in total. The van der Waals surface area contributed by atoms with Crippen molar-refractivity contribution in [1.29, 1.82) is 0 Å². The van der Waals surface area contributed by atoms with Gasteiger partial charge in [-0.25, -0.2) is 4.98 Å². The van der Waals surface area contributed by atoms with Gasteiger partial charge in [-0.15, -0.1) is 11.3 Å². The van der Waals surface area contributed by atoms with Crippen LogP contribution in [0.25, 0.3) is 4.96 Å². The summed E-state index contributed by atoms with van der Waals surface area (Å²) < 4.78 is 1.96. The van der Waals surface area contributed by atoms with Gasteiger partial charge in [0, 0.05) is 23.3 Å². The van der Waals surface area contributed by atoms with E-state index in [9.17, 15) is 4.79 Å². The highest BCUT2D eigenvalue weighted by Crippen LogP contribution is 2.26. The zero-order valence-corrected chi connectivity index (χ0v) is 13.3. The number of fused-ring (bicyclic) bond motifs is 1. The Balaban J connectivity index is 1.90. The Kier molecular flexibility index (Phi) is 3.41. The highest BCUT2D eigenvalue weighted by Gasteiger charge is 2.21. The average molecular weight is 298 g/mol. The molecule has 0 aliphatic rings. The van der Waals surface area contributed by atoms with Crippen LogP contribution in [0.4, 0.5) is 0 Å². The number of carbonyl (C=O) groups is 1. The quantitative estimate of drug-likeness (QED) is 0.682. The molecule has 4 heteroatoms. The zero-order valence-electron chi connectivity index (χ0n) is 12.5. The van der Waals surface area contributed by atoms with Crippen molar-refractivity contribution in [2.45, 2.75) is 32.6 Å². The molecule has 0 saturated carbocycles. The SMILES string of the molecule is CC(C)(C)c1ccccc1C(=O)Cc1cn2ccsc2n1. The van der Waals surface area contributed by atoms with Crippen molar-refractivity contribution in [2.24, 2.45) is 0 Å². The van der Waals surface area contributed by atoms with Gasteiger partial charge in [-0.05, 0) is 11.0 Å². The molecule has 0 aliphatic carbocycles. The Morgan fingerprint density at radius 3 is 2.76 bits per heavy atom. The number of aromatic nitrogens is 2.